The van der Waals surface area contributed by atoms with Crippen molar-refractivity contribution in [3.05, 3.63) is 43.1 Å². The average molecular weight is 312 g/mol. The lowest BCUT2D eigenvalue weighted by molar-refractivity contribution is 0.247. The molecule has 2 heterocycles. The van der Waals surface area contributed by atoms with Crippen LogP contribution in [-0.4, -0.2) is 31.4 Å². The average Bonchev–Trinajstić information content (AvgIpc) is 3.15. The van der Waals surface area contributed by atoms with Gasteiger partial charge in [-0.3, -0.25) is 4.68 Å². The first-order valence-corrected chi connectivity index (χ1v) is 7.64. The van der Waals surface area contributed by atoms with Crippen LogP contribution in [0.2, 0.25) is 0 Å². The molecule has 2 aromatic heterocycles. The van der Waals surface area contributed by atoms with E-state index in [2.05, 4.69) is 44.5 Å². The van der Waals surface area contributed by atoms with Crippen molar-refractivity contribution in [2.24, 2.45) is 0 Å². The van der Waals surface area contributed by atoms with Gasteiger partial charge in [-0.1, -0.05) is 6.07 Å². The quantitative estimate of drug-likeness (QED) is 0.760. The van der Waals surface area contributed by atoms with Crippen molar-refractivity contribution in [1.82, 2.24) is 24.6 Å². The van der Waals surface area contributed by atoms with Crippen molar-refractivity contribution in [2.45, 2.75) is 33.0 Å². The minimum Gasteiger partial charge on any atom is -0.348 e. The van der Waals surface area contributed by atoms with Gasteiger partial charge in [0.1, 0.15) is 12.7 Å². The molecule has 120 valence electrons. The lowest BCUT2D eigenvalue weighted by Crippen LogP contribution is -2.38. The molecule has 0 saturated heterocycles. The van der Waals surface area contributed by atoms with E-state index in [0.717, 1.165) is 23.1 Å². The maximum absolute atomic E-state index is 12.1. The maximum atomic E-state index is 12.1. The molecule has 0 aliphatic heterocycles. The zero-order chi connectivity index (χ0) is 16.2. The summed E-state index contributed by atoms with van der Waals surface area (Å²) in [6, 6.07) is 7.69. The van der Waals surface area contributed by atoms with Crippen molar-refractivity contribution in [3.8, 4) is 0 Å². The molecule has 0 unspecified atom stereocenters. The first-order chi connectivity index (χ1) is 11.2. The highest BCUT2D eigenvalue weighted by Crippen LogP contribution is 2.20. The van der Waals surface area contributed by atoms with E-state index in [9.17, 15) is 4.79 Å². The van der Waals surface area contributed by atoms with Crippen LogP contribution in [0.5, 0.6) is 0 Å². The van der Waals surface area contributed by atoms with E-state index in [0.29, 0.717) is 6.54 Å². The van der Waals surface area contributed by atoms with Crippen LogP contribution in [0.25, 0.3) is 10.9 Å². The molecule has 0 aliphatic carbocycles. The molecule has 0 bridgehead atoms. The van der Waals surface area contributed by atoms with Crippen LogP contribution < -0.4 is 10.6 Å². The number of benzene rings is 1. The minimum atomic E-state index is -0.230. The minimum absolute atomic E-state index is 0.0556. The summed E-state index contributed by atoms with van der Waals surface area (Å²) >= 11 is 0. The van der Waals surface area contributed by atoms with Gasteiger partial charge in [0.15, 0.2) is 0 Å². The Hall–Kier alpha value is -2.83. The van der Waals surface area contributed by atoms with Crippen molar-refractivity contribution in [1.29, 1.82) is 0 Å². The molecule has 7 nitrogen and oxygen atoms in total. The summed E-state index contributed by atoms with van der Waals surface area (Å²) in [5, 5.41) is 11.0. The van der Waals surface area contributed by atoms with Gasteiger partial charge < -0.3 is 15.2 Å². The number of amides is 2. The summed E-state index contributed by atoms with van der Waals surface area (Å²) in [5.41, 5.74) is 1.89. The molecule has 1 atom stereocenters. The van der Waals surface area contributed by atoms with Crippen LogP contribution in [0.4, 0.5) is 10.5 Å². The summed E-state index contributed by atoms with van der Waals surface area (Å²) < 4.78 is 3.83. The topological polar surface area (TPSA) is 76.8 Å². The van der Waals surface area contributed by atoms with E-state index in [-0.39, 0.29) is 12.1 Å². The van der Waals surface area contributed by atoms with Gasteiger partial charge in [0.2, 0.25) is 0 Å². The molecule has 0 aliphatic rings. The smallest absolute Gasteiger partial charge is 0.319 e. The molecule has 3 aromatic rings. The van der Waals surface area contributed by atoms with Gasteiger partial charge in [0.05, 0.1) is 12.1 Å². The number of urea groups is 1. The summed E-state index contributed by atoms with van der Waals surface area (Å²) in [7, 11) is 0. The molecule has 2 amide bonds. The molecular weight excluding hydrogens is 292 g/mol. The molecule has 7 heteroatoms. The number of hydrogen-bond acceptors (Lipinski definition) is 3. The second-order valence-corrected chi connectivity index (χ2v) is 5.49. The fourth-order valence-corrected chi connectivity index (χ4v) is 2.58. The lowest BCUT2D eigenvalue weighted by atomic mass is 10.2. The predicted octanol–water partition coefficient (Wildman–Crippen LogP) is 2.46. The summed E-state index contributed by atoms with van der Waals surface area (Å²) in [5.74, 6) is 0. The van der Waals surface area contributed by atoms with Crippen molar-refractivity contribution in [3.63, 3.8) is 0 Å². The largest absolute Gasteiger partial charge is 0.348 e. The highest BCUT2D eigenvalue weighted by molar-refractivity contribution is 5.92. The van der Waals surface area contributed by atoms with Crippen LogP contribution in [0.15, 0.2) is 43.1 Å². The number of carbonyl (C=O) groups excluding carboxylic acids is 1. The first-order valence-electron chi connectivity index (χ1n) is 7.64. The molecule has 0 saturated carbocycles. The van der Waals surface area contributed by atoms with Crippen molar-refractivity contribution in [2.75, 3.05) is 5.32 Å². The molecule has 0 fully saturated rings. The second kappa shape index (κ2) is 6.51. The zero-order valence-electron chi connectivity index (χ0n) is 13.2. The van der Waals surface area contributed by atoms with E-state index in [4.69, 9.17) is 0 Å². The fraction of sp³-hybridized carbons (Fsp3) is 0.312. The van der Waals surface area contributed by atoms with E-state index in [1.807, 2.05) is 25.1 Å². The molecule has 23 heavy (non-hydrogen) atoms. The second-order valence-electron chi connectivity index (χ2n) is 5.49. The monoisotopic (exact) mass is 312 g/mol. The third kappa shape index (κ3) is 3.50. The van der Waals surface area contributed by atoms with Gasteiger partial charge in [0.25, 0.3) is 0 Å². The third-order valence-corrected chi connectivity index (χ3v) is 3.68. The number of carbonyl (C=O) groups is 1. The molecule has 1 aromatic carbocycles. The Morgan fingerprint density at radius 2 is 2.22 bits per heavy atom. The number of aromatic nitrogens is 4. The molecule has 0 radical (unpaired) electrons. The predicted molar refractivity (Wildman–Crippen MR) is 89.3 cm³/mol. The Labute approximate surface area is 134 Å². The molecule has 2 N–H and O–H groups in total. The highest BCUT2D eigenvalue weighted by atomic mass is 16.2. The van der Waals surface area contributed by atoms with E-state index < -0.39 is 0 Å². The summed E-state index contributed by atoms with van der Waals surface area (Å²) in [4.78, 5) is 16.0. The van der Waals surface area contributed by atoms with Gasteiger partial charge >= 0.3 is 6.03 Å². The van der Waals surface area contributed by atoms with Crippen molar-refractivity contribution >= 4 is 22.6 Å². The number of nitrogens with one attached hydrogen (secondary N) is 2. The van der Waals surface area contributed by atoms with E-state index in [1.54, 1.807) is 11.0 Å². The summed E-state index contributed by atoms with van der Waals surface area (Å²) in [6.45, 7) is 5.49. The van der Waals surface area contributed by atoms with Gasteiger partial charge in [-0.05, 0) is 37.4 Å². The number of hydrogen-bond donors (Lipinski definition) is 2. The Balaban J connectivity index is 1.63. The lowest BCUT2D eigenvalue weighted by Gasteiger charge is -2.14. The SMILES string of the molecule is CCn1ccc2ccc(NC(=O)N[C@H](C)Cn3cncn3)cc21. The Morgan fingerprint density at radius 3 is 2.96 bits per heavy atom. The van der Waals surface area contributed by atoms with Gasteiger partial charge in [-0.2, -0.15) is 5.10 Å². The standard InChI is InChI=1S/C16H20N6O/c1-3-21-7-6-13-4-5-14(8-15(13)21)20-16(23)19-12(2)9-22-11-17-10-18-22/h4-8,10-12H,3,9H2,1-2H3,(H2,19,20,23)/t12-/m1/s1. The van der Waals surface area contributed by atoms with Crippen LogP contribution in [-0.2, 0) is 13.1 Å². The number of rotatable bonds is 5. The summed E-state index contributed by atoms with van der Waals surface area (Å²) in [6.07, 6.45) is 5.16. The molecule has 0 spiro atoms. The Kier molecular flexibility index (Phi) is 4.27. The molecular formula is C16H20N6O. The van der Waals surface area contributed by atoms with Crippen LogP contribution in [0.1, 0.15) is 13.8 Å². The number of nitrogens with zero attached hydrogens (tertiary/aromatic N) is 4. The zero-order valence-corrected chi connectivity index (χ0v) is 13.2. The van der Waals surface area contributed by atoms with Crippen LogP contribution in [0.3, 0.4) is 0 Å². The van der Waals surface area contributed by atoms with Crippen molar-refractivity contribution < 1.29 is 4.79 Å². The fourth-order valence-electron chi connectivity index (χ4n) is 2.58. The normalized spacial score (nSPS) is 12.3. The number of anilines is 1. The number of aryl methyl sites for hydroxylation is 1. The highest BCUT2D eigenvalue weighted by Gasteiger charge is 2.09. The van der Waals surface area contributed by atoms with Gasteiger partial charge in [0, 0.05) is 24.5 Å². The van der Waals surface area contributed by atoms with E-state index in [1.165, 1.54) is 6.33 Å². The maximum Gasteiger partial charge on any atom is 0.319 e. The van der Waals surface area contributed by atoms with Gasteiger partial charge in [-0.15, -0.1) is 0 Å². The van der Waals surface area contributed by atoms with E-state index >= 15 is 0 Å². The van der Waals surface area contributed by atoms with Crippen LogP contribution >= 0.6 is 0 Å². The van der Waals surface area contributed by atoms with Gasteiger partial charge in [-0.25, -0.2) is 9.78 Å². The first kappa shape index (κ1) is 15.1. The van der Waals surface area contributed by atoms with Crippen LogP contribution in [0, 0.1) is 0 Å². The Morgan fingerprint density at radius 1 is 1.35 bits per heavy atom. The number of fused-ring (bicyclic) bond motifs is 1. The third-order valence-electron chi connectivity index (χ3n) is 3.68. The Bertz CT molecular complexity index is 792. The molecule has 3 rings (SSSR count).